The highest BCUT2D eigenvalue weighted by Crippen LogP contribution is 2.29. The molecule has 0 aromatic carbocycles. The Kier molecular flexibility index (Phi) is 45.1. The summed E-state index contributed by atoms with van der Waals surface area (Å²) in [5.74, 6) is -5.97. The van der Waals surface area contributed by atoms with Gasteiger partial charge in [0.25, 0.3) is 0 Å². The smallest absolute Gasteiger partial charge is 0.297 e. The zero-order valence-corrected chi connectivity index (χ0v) is 33.6. The van der Waals surface area contributed by atoms with Crippen molar-refractivity contribution in [2.45, 2.75) is 142 Å². The van der Waals surface area contributed by atoms with Gasteiger partial charge >= 0.3 is 36.3 Å². The van der Waals surface area contributed by atoms with Gasteiger partial charge in [-0.1, -0.05) is 13.8 Å². The van der Waals surface area contributed by atoms with Gasteiger partial charge in [-0.3, -0.25) is 19.4 Å². The van der Waals surface area contributed by atoms with Crippen molar-refractivity contribution in [3.63, 3.8) is 0 Å². The standard InChI is InChI=1S/C10H13N3.C9H11N3.C8H9N3.C7H5F2N3.C7H6FN3.CH4/c1-9(8-11)6-4-5-7-10(12-2)13-3;1-8(6-10)4-3-5-9(7-11)12-2;1-7(5-9)3-4-8(6-10)11-2;1-5(3-10)7(8,9)6(4-11)12-2;1-5(3-9)7(8)6(4-10)11-2;/h9-10H,4-7H2,1H3;8-9H,3-5H2,1H3;7-8H,3-4H2,1H3;5-6H,1H3;5-7H,1H3;1H4. The lowest BCUT2D eigenvalue weighted by Gasteiger charge is -2.14. The van der Waals surface area contributed by atoms with Crippen LogP contribution in [0.4, 0.5) is 13.2 Å². The summed E-state index contributed by atoms with van der Waals surface area (Å²) in [6.07, 6.45) is 4.47. The first kappa shape index (κ1) is 64.1. The van der Waals surface area contributed by atoms with E-state index in [0.717, 1.165) is 45.1 Å². The molecule has 0 spiro atoms. The van der Waals surface area contributed by atoms with Crippen LogP contribution in [0.3, 0.4) is 0 Å². The fourth-order valence-electron chi connectivity index (χ4n) is 3.51. The molecule has 0 fully saturated rings. The molecule has 18 heteroatoms. The molecule has 0 saturated carbocycles. The van der Waals surface area contributed by atoms with Gasteiger partial charge in [-0.05, 0) is 66.7 Å². The van der Waals surface area contributed by atoms with Crippen LogP contribution in [0.2, 0.25) is 0 Å². The van der Waals surface area contributed by atoms with Gasteiger partial charge in [0.2, 0.25) is 6.17 Å². The average Bonchev–Trinajstić information content (AvgIpc) is 3.26. The number of hydrogen-bond acceptors (Lipinski definition) is 9. The molecule has 0 aliphatic carbocycles. The Morgan fingerprint density at radius 3 is 1.23 bits per heavy atom. The van der Waals surface area contributed by atoms with Gasteiger partial charge in [0.05, 0.1) is 36.3 Å². The molecule has 10 atom stereocenters. The Morgan fingerprint density at radius 1 is 0.467 bits per heavy atom. The average molecular weight is 820 g/mol. The molecule has 0 radical (unpaired) electrons. The molecule has 0 aromatic rings. The molecule has 0 amide bonds. The first-order chi connectivity index (χ1) is 27.9. The number of unbranched alkanes of at least 4 members (excludes halogenated alkanes) is 1. The highest BCUT2D eigenvalue weighted by Gasteiger charge is 2.51. The van der Waals surface area contributed by atoms with E-state index in [9.17, 15) is 13.2 Å². The van der Waals surface area contributed by atoms with E-state index in [2.05, 4.69) is 47.3 Å². The van der Waals surface area contributed by atoms with Crippen LogP contribution < -0.4 is 0 Å². The monoisotopic (exact) mass is 819 g/mol. The largest absolute Gasteiger partial charge is 0.474 e. The fourth-order valence-corrected chi connectivity index (χ4v) is 3.51. The van der Waals surface area contributed by atoms with E-state index in [0.29, 0.717) is 25.7 Å². The molecule has 0 rings (SSSR count). The first-order valence-electron chi connectivity index (χ1n) is 17.7. The van der Waals surface area contributed by atoms with Gasteiger partial charge < -0.3 is 0 Å². The zero-order chi connectivity index (χ0) is 46.8. The highest BCUT2D eigenvalue weighted by molar-refractivity contribution is 5.12. The number of hydrogen-bond donors (Lipinski definition) is 0. The van der Waals surface area contributed by atoms with Gasteiger partial charge in [0.15, 0.2) is 24.3 Å². The predicted octanol–water partition coefficient (Wildman–Crippen LogP) is 10.3. The summed E-state index contributed by atoms with van der Waals surface area (Å²) in [5.41, 5.74) is 0. The summed E-state index contributed by atoms with van der Waals surface area (Å²) in [7, 11) is 0. The zero-order valence-electron chi connectivity index (χ0n) is 33.6. The van der Waals surface area contributed by atoms with Crippen LogP contribution in [0.25, 0.3) is 29.1 Å². The molecule has 0 bridgehead atoms. The van der Waals surface area contributed by atoms with Gasteiger partial charge in [-0.2, -0.15) is 56.1 Å². The predicted molar refractivity (Wildman–Crippen MR) is 213 cm³/mol. The Hall–Kier alpha value is -7.86. The molecule has 312 valence electrons. The van der Waals surface area contributed by atoms with Crippen LogP contribution in [0.15, 0.2) is 0 Å². The minimum atomic E-state index is -3.55. The van der Waals surface area contributed by atoms with Crippen LogP contribution in [0.1, 0.15) is 99.8 Å². The SMILES string of the molecule is C.[C-]#[N+]C(C#N)C(F)(F)C(C)C#N.[C-]#[N+]C(C#N)C(F)C(C)C#N.[C-]#[N+]C(C#N)CCC(C)C#N.[C-]#[N+]C(C#N)CCCC(C)C#N.[C-]#[N+]C(CCCCC(C)C#N)[N+]#[C-]. The van der Waals surface area contributed by atoms with E-state index in [1.807, 2.05) is 26.0 Å². The molecular weight excluding hydrogens is 772 g/mol. The molecule has 0 saturated heterocycles. The van der Waals surface area contributed by atoms with Crippen LogP contribution in [-0.4, -0.2) is 42.4 Å². The van der Waals surface area contributed by atoms with Crippen molar-refractivity contribution >= 4 is 0 Å². The van der Waals surface area contributed by atoms with Crippen molar-refractivity contribution in [1.82, 2.24) is 0 Å². The van der Waals surface area contributed by atoms with Gasteiger partial charge in [0.1, 0.15) is 12.3 Å². The van der Waals surface area contributed by atoms with E-state index in [1.54, 1.807) is 13.0 Å². The minimum absolute atomic E-state index is 0. The number of halogens is 3. The van der Waals surface area contributed by atoms with Gasteiger partial charge in [0, 0.05) is 30.6 Å². The lowest BCUT2D eigenvalue weighted by Crippen LogP contribution is -2.36. The van der Waals surface area contributed by atoms with Crippen LogP contribution in [-0.2, 0) is 0 Å². The molecular formula is C42H48F3N15. The maximum Gasteiger partial charge on any atom is 0.474 e. The van der Waals surface area contributed by atoms with Crippen molar-refractivity contribution < 1.29 is 13.2 Å². The van der Waals surface area contributed by atoms with Crippen molar-refractivity contribution in [2.75, 3.05) is 0 Å². The van der Waals surface area contributed by atoms with Crippen LogP contribution in [0.5, 0.6) is 0 Å². The number of nitriles is 9. The molecule has 0 aromatic heterocycles. The maximum absolute atomic E-state index is 12.8. The summed E-state index contributed by atoms with van der Waals surface area (Å²) in [6, 6.07) is 11.2. The third-order valence-electron chi connectivity index (χ3n) is 7.55. The Morgan fingerprint density at radius 2 is 0.900 bits per heavy atom. The summed E-state index contributed by atoms with van der Waals surface area (Å²) in [6.45, 7) is 47.1. The van der Waals surface area contributed by atoms with Crippen molar-refractivity contribution in [3.8, 4) is 54.6 Å². The molecule has 10 unspecified atom stereocenters. The lowest BCUT2D eigenvalue weighted by atomic mass is 9.99. The lowest BCUT2D eigenvalue weighted by molar-refractivity contribution is -0.0314. The topological polar surface area (TPSA) is 240 Å². The molecule has 15 nitrogen and oxygen atoms in total. The van der Waals surface area contributed by atoms with Crippen LogP contribution >= 0.6 is 0 Å². The normalized spacial score (nSPS) is 13.7. The Labute approximate surface area is 354 Å². The molecule has 0 N–H and O–H groups in total. The quantitative estimate of drug-likeness (QED) is 0.106. The van der Waals surface area contributed by atoms with Crippen molar-refractivity contribution in [2.24, 2.45) is 29.6 Å². The fraction of sp³-hybridized carbons (Fsp3) is 0.643. The highest BCUT2D eigenvalue weighted by atomic mass is 19.3. The second kappa shape index (κ2) is 42.3. The third-order valence-corrected chi connectivity index (χ3v) is 7.55. The van der Waals surface area contributed by atoms with Crippen molar-refractivity contribution in [3.05, 3.63) is 68.5 Å². The summed E-state index contributed by atoms with van der Waals surface area (Å²) >= 11 is 0. The maximum atomic E-state index is 12.8. The second-order valence-corrected chi connectivity index (χ2v) is 12.4. The molecule has 0 aliphatic heterocycles. The number of rotatable bonds is 16. The molecule has 0 aliphatic rings. The molecule has 60 heavy (non-hydrogen) atoms. The third kappa shape index (κ3) is 33.5. The summed E-state index contributed by atoms with van der Waals surface area (Å²) in [4.78, 5) is 17.7. The van der Waals surface area contributed by atoms with E-state index in [-0.39, 0.29) is 25.2 Å². The minimum Gasteiger partial charge on any atom is -0.297 e. The number of alkyl halides is 3. The van der Waals surface area contributed by atoms with E-state index >= 15 is 0 Å². The first-order valence-corrected chi connectivity index (χ1v) is 17.7. The van der Waals surface area contributed by atoms with E-state index in [1.165, 1.54) is 19.1 Å². The van der Waals surface area contributed by atoms with E-state index in [4.69, 9.17) is 86.8 Å². The van der Waals surface area contributed by atoms with Gasteiger partial charge in [-0.25, -0.2) is 53.5 Å². The number of nitrogens with zero attached hydrogens (tertiary/aromatic N) is 15. The molecule has 0 heterocycles. The summed E-state index contributed by atoms with van der Waals surface area (Å²) < 4.78 is 38.5. The van der Waals surface area contributed by atoms with E-state index < -0.39 is 54.3 Å². The van der Waals surface area contributed by atoms with Crippen molar-refractivity contribution in [1.29, 1.82) is 47.4 Å². The van der Waals surface area contributed by atoms with Gasteiger partial charge in [-0.15, -0.1) is 0 Å². The van der Waals surface area contributed by atoms with Crippen LogP contribution in [0, 0.1) is 171 Å². The Balaban J connectivity index is -0.000000151. The second-order valence-electron chi connectivity index (χ2n) is 12.4. The Bertz CT molecular complexity index is 1810. The summed E-state index contributed by atoms with van der Waals surface area (Å²) in [5, 5.41) is 74.9.